The highest BCUT2D eigenvalue weighted by Gasteiger charge is 2.45. The second-order valence-electron chi connectivity index (χ2n) is 5.06. The molecule has 0 spiro atoms. The van der Waals surface area contributed by atoms with Gasteiger partial charge in [0, 0.05) is 12.5 Å². The zero-order valence-corrected chi connectivity index (χ0v) is 11.2. The number of carbonyl (C=O) groups is 2. The van der Waals surface area contributed by atoms with Gasteiger partial charge in [-0.15, -0.1) is 0 Å². The van der Waals surface area contributed by atoms with E-state index in [0.717, 1.165) is 12.0 Å². The third-order valence-electron chi connectivity index (χ3n) is 3.89. The highest BCUT2D eigenvalue weighted by Crippen LogP contribution is 2.40. The summed E-state index contributed by atoms with van der Waals surface area (Å²) >= 11 is 0. The van der Waals surface area contributed by atoms with Crippen LogP contribution in [0.1, 0.15) is 38.3 Å². The van der Waals surface area contributed by atoms with Crippen LogP contribution in [0.3, 0.4) is 0 Å². The van der Waals surface area contributed by atoms with Crippen LogP contribution in [0.4, 0.5) is 0 Å². The SMILES string of the molecule is CC[C@H](C)N1C(=O)C[C@H](C(=O)O)[C@H]1c1ccccc1. The Morgan fingerprint density at radius 1 is 1.42 bits per heavy atom. The molecule has 1 saturated heterocycles. The van der Waals surface area contributed by atoms with Gasteiger partial charge in [-0.3, -0.25) is 9.59 Å². The standard InChI is InChI=1S/C15H19NO3/c1-3-10(2)16-13(17)9-12(15(18)19)14(16)11-7-5-4-6-8-11/h4-8,10,12,14H,3,9H2,1-2H3,(H,18,19)/t10-,12-,14+/m0/s1. The van der Waals surface area contributed by atoms with Gasteiger partial charge in [0.15, 0.2) is 0 Å². The van der Waals surface area contributed by atoms with Crippen molar-refractivity contribution in [2.24, 2.45) is 5.92 Å². The van der Waals surface area contributed by atoms with Gasteiger partial charge in [0.05, 0.1) is 12.0 Å². The van der Waals surface area contributed by atoms with E-state index in [1.54, 1.807) is 4.90 Å². The molecule has 1 N–H and O–H groups in total. The lowest BCUT2D eigenvalue weighted by molar-refractivity contribution is -0.142. The number of hydrogen-bond donors (Lipinski definition) is 1. The second kappa shape index (κ2) is 5.43. The van der Waals surface area contributed by atoms with Crippen molar-refractivity contribution in [1.29, 1.82) is 0 Å². The average molecular weight is 261 g/mol. The van der Waals surface area contributed by atoms with E-state index in [-0.39, 0.29) is 24.4 Å². The van der Waals surface area contributed by atoms with Crippen molar-refractivity contribution < 1.29 is 14.7 Å². The minimum atomic E-state index is -0.895. The number of nitrogens with zero attached hydrogens (tertiary/aromatic N) is 1. The lowest BCUT2D eigenvalue weighted by atomic mass is 9.93. The molecule has 1 aliphatic heterocycles. The Bertz CT molecular complexity index is 472. The zero-order chi connectivity index (χ0) is 14.0. The first kappa shape index (κ1) is 13.6. The molecule has 1 heterocycles. The molecule has 0 unspecified atom stereocenters. The molecule has 19 heavy (non-hydrogen) atoms. The van der Waals surface area contributed by atoms with Crippen molar-refractivity contribution >= 4 is 11.9 Å². The molecular formula is C15H19NO3. The fraction of sp³-hybridized carbons (Fsp3) is 0.467. The topological polar surface area (TPSA) is 57.6 Å². The predicted molar refractivity (Wildman–Crippen MR) is 71.5 cm³/mol. The van der Waals surface area contributed by atoms with Crippen LogP contribution in [0.15, 0.2) is 30.3 Å². The third kappa shape index (κ3) is 2.48. The smallest absolute Gasteiger partial charge is 0.309 e. The molecule has 0 aromatic heterocycles. The lowest BCUT2D eigenvalue weighted by Crippen LogP contribution is -2.37. The van der Waals surface area contributed by atoms with Gasteiger partial charge in [0.2, 0.25) is 5.91 Å². The molecule has 0 bridgehead atoms. The van der Waals surface area contributed by atoms with Gasteiger partial charge in [0.25, 0.3) is 0 Å². The summed E-state index contributed by atoms with van der Waals surface area (Å²) in [4.78, 5) is 25.3. The summed E-state index contributed by atoms with van der Waals surface area (Å²) in [6.07, 6.45) is 0.917. The Morgan fingerprint density at radius 3 is 2.58 bits per heavy atom. The van der Waals surface area contributed by atoms with Gasteiger partial charge in [-0.2, -0.15) is 0 Å². The van der Waals surface area contributed by atoms with Crippen molar-refractivity contribution in [3.05, 3.63) is 35.9 Å². The third-order valence-corrected chi connectivity index (χ3v) is 3.89. The molecule has 1 aromatic rings. The summed E-state index contributed by atoms with van der Waals surface area (Å²) < 4.78 is 0. The van der Waals surface area contributed by atoms with Crippen LogP contribution < -0.4 is 0 Å². The maximum absolute atomic E-state index is 12.1. The number of carboxylic acids is 1. The van der Waals surface area contributed by atoms with E-state index in [9.17, 15) is 14.7 Å². The predicted octanol–water partition coefficient (Wildman–Crippen LogP) is 2.46. The van der Waals surface area contributed by atoms with Crippen LogP contribution in [0.5, 0.6) is 0 Å². The fourth-order valence-corrected chi connectivity index (χ4v) is 2.74. The summed E-state index contributed by atoms with van der Waals surface area (Å²) in [6.45, 7) is 3.98. The number of carboxylic acid groups (broad SMARTS) is 1. The van der Waals surface area contributed by atoms with Gasteiger partial charge in [-0.1, -0.05) is 37.3 Å². The number of rotatable bonds is 4. The maximum Gasteiger partial charge on any atom is 0.309 e. The quantitative estimate of drug-likeness (QED) is 0.905. The summed E-state index contributed by atoms with van der Waals surface area (Å²) in [5.41, 5.74) is 0.904. The molecule has 1 aliphatic rings. The molecule has 3 atom stereocenters. The summed E-state index contributed by atoms with van der Waals surface area (Å²) in [6, 6.07) is 9.16. The van der Waals surface area contributed by atoms with Crippen LogP contribution in [0.25, 0.3) is 0 Å². The van der Waals surface area contributed by atoms with E-state index in [0.29, 0.717) is 0 Å². The van der Waals surface area contributed by atoms with Gasteiger partial charge >= 0.3 is 5.97 Å². The van der Waals surface area contributed by atoms with Gasteiger partial charge < -0.3 is 10.0 Å². The number of likely N-dealkylation sites (tertiary alicyclic amines) is 1. The van der Waals surface area contributed by atoms with Crippen molar-refractivity contribution in [3.63, 3.8) is 0 Å². The van der Waals surface area contributed by atoms with Crippen LogP contribution in [0, 0.1) is 5.92 Å². The Balaban J connectivity index is 2.42. The van der Waals surface area contributed by atoms with Crippen LogP contribution >= 0.6 is 0 Å². The number of aliphatic carboxylic acids is 1. The van der Waals surface area contributed by atoms with E-state index < -0.39 is 11.9 Å². The summed E-state index contributed by atoms with van der Waals surface area (Å²) in [5, 5.41) is 9.36. The molecule has 2 rings (SSSR count). The summed E-state index contributed by atoms with van der Waals surface area (Å²) in [5.74, 6) is -1.60. The van der Waals surface area contributed by atoms with E-state index in [1.165, 1.54) is 0 Å². The van der Waals surface area contributed by atoms with E-state index >= 15 is 0 Å². The van der Waals surface area contributed by atoms with Crippen molar-refractivity contribution in [3.8, 4) is 0 Å². The molecule has 0 saturated carbocycles. The zero-order valence-electron chi connectivity index (χ0n) is 11.2. The lowest BCUT2D eigenvalue weighted by Gasteiger charge is -2.32. The van der Waals surface area contributed by atoms with Gasteiger partial charge in [-0.25, -0.2) is 0 Å². The highest BCUT2D eigenvalue weighted by molar-refractivity contribution is 5.87. The van der Waals surface area contributed by atoms with Crippen molar-refractivity contribution in [2.45, 2.75) is 38.8 Å². The van der Waals surface area contributed by atoms with E-state index in [4.69, 9.17) is 0 Å². The van der Waals surface area contributed by atoms with Crippen LogP contribution in [-0.4, -0.2) is 27.9 Å². The Hall–Kier alpha value is -1.84. The minimum Gasteiger partial charge on any atom is -0.481 e. The molecule has 1 fully saturated rings. The second-order valence-corrected chi connectivity index (χ2v) is 5.06. The molecule has 102 valence electrons. The van der Waals surface area contributed by atoms with Gasteiger partial charge in [0.1, 0.15) is 0 Å². The van der Waals surface area contributed by atoms with Crippen LogP contribution in [0.2, 0.25) is 0 Å². The van der Waals surface area contributed by atoms with E-state index in [1.807, 2.05) is 44.2 Å². The Labute approximate surface area is 113 Å². The fourth-order valence-electron chi connectivity index (χ4n) is 2.74. The van der Waals surface area contributed by atoms with Crippen LogP contribution in [-0.2, 0) is 9.59 Å². The number of hydrogen-bond acceptors (Lipinski definition) is 2. The van der Waals surface area contributed by atoms with Gasteiger partial charge in [-0.05, 0) is 18.9 Å². The normalized spacial score (nSPS) is 24.5. The molecule has 0 radical (unpaired) electrons. The largest absolute Gasteiger partial charge is 0.481 e. The van der Waals surface area contributed by atoms with Crippen molar-refractivity contribution in [2.75, 3.05) is 0 Å². The monoisotopic (exact) mass is 261 g/mol. The first-order valence-corrected chi connectivity index (χ1v) is 6.65. The first-order chi connectivity index (χ1) is 9.06. The minimum absolute atomic E-state index is 0.0575. The molecule has 0 aliphatic carbocycles. The molecular weight excluding hydrogens is 242 g/mol. The molecule has 1 aromatic carbocycles. The maximum atomic E-state index is 12.1. The van der Waals surface area contributed by atoms with E-state index in [2.05, 4.69) is 0 Å². The Kier molecular flexibility index (Phi) is 3.88. The molecule has 1 amide bonds. The van der Waals surface area contributed by atoms with Crippen molar-refractivity contribution in [1.82, 2.24) is 4.90 Å². The summed E-state index contributed by atoms with van der Waals surface area (Å²) in [7, 11) is 0. The average Bonchev–Trinajstić information content (AvgIpc) is 2.76. The highest BCUT2D eigenvalue weighted by atomic mass is 16.4. The number of benzene rings is 1. The number of amides is 1. The first-order valence-electron chi connectivity index (χ1n) is 6.65. The molecule has 4 heteroatoms. The number of carbonyl (C=O) groups excluding carboxylic acids is 1. The molecule has 4 nitrogen and oxygen atoms in total. The Morgan fingerprint density at radius 2 is 2.05 bits per heavy atom.